The number of nitrogens with one attached hydrogen (secondary N) is 1. The number of carbonyl (C=O) groups is 1. The predicted molar refractivity (Wildman–Crippen MR) is 108 cm³/mol. The smallest absolute Gasteiger partial charge is 0.234 e. The molecule has 1 atom stereocenters. The molecule has 3 aromatic heterocycles. The van der Waals surface area contributed by atoms with Crippen molar-refractivity contribution >= 4 is 22.9 Å². The molecule has 1 aliphatic rings. The fourth-order valence-corrected chi connectivity index (χ4v) is 4.23. The van der Waals surface area contributed by atoms with Crippen LogP contribution in [0.5, 0.6) is 0 Å². The van der Waals surface area contributed by atoms with Gasteiger partial charge in [0.05, 0.1) is 18.3 Å². The molecule has 1 fully saturated rings. The highest BCUT2D eigenvalue weighted by Gasteiger charge is 2.20. The van der Waals surface area contributed by atoms with E-state index in [2.05, 4.69) is 36.8 Å². The maximum absolute atomic E-state index is 12.3. The van der Waals surface area contributed by atoms with E-state index in [4.69, 9.17) is 0 Å². The summed E-state index contributed by atoms with van der Waals surface area (Å²) in [7, 11) is 0. The topological polar surface area (TPSA) is 52.9 Å². The van der Waals surface area contributed by atoms with Gasteiger partial charge in [-0.3, -0.25) is 14.6 Å². The number of nitrogens with zero attached hydrogens (tertiary/aromatic N) is 4. The van der Waals surface area contributed by atoms with E-state index in [1.807, 2.05) is 42.8 Å². The van der Waals surface area contributed by atoms with Crippen LogP contribution >= 0.6 is 11.3 Å². The molecular formula is C20H25N5OS. The molecule has 0 radical (unpaired) electrons. The molecule has 6 nitrogen and oxygen atoms in total. The van der Waals surface area contributed by atoms with Crippen molar-refractivity contribution in [3.05, 3.63) is 58.7 Å². The van der Waals surface area contributed by atoms with Gasteiger partial charge < -0.3 is 9.72 Å². The third kappa shape index (κ3) is 4.55. The van der Waals surface area contributed by atoms with Crippen LogP contribution in [0.15, 0.2) is 48.1 Å². The Morgan fingerprint density at radius 3 is 2.74 bits per heavy atom. The first-order valence-electron chi connectivity index (χ1n) is 9.37. The largest absolute Gasteiger partial charge is 0.348 e. The molecule has 4 rings (SSSR count). The fourth-order valence-electron chi connectivity index (χ4n) is 3.50. The highest BCUT2D eigenvalue weighted by Crippen LogP contribution is 2.18. The van der Waals surface area contributed by atoms with E-state index in [0.29, 0.717) is 6.54 Å². The molecule has 142 valence electrons. The Hall–Kier alpha value is -2.22. The maximum atomic E-state index is 12.3. The molecule has 1 aliphatic heterocycles. The lowest BCUT2D eigenvalue weighted by Gasteiger charge is -2.34. The van der Waals surface area contributed by atoms with Crippen molar-refractivity contribution in [2.75, 3.05) is 32.7 Å². The van der Waals surface area contributed by atoms with Crippen LogP contribution in [0.2, 0.25) is 0 Å². The predicted octanol–water partition coefficient (Wildman–Crippen LogP) is 2.39. The minimum absolute atomic E-state index is 0.0776. The van der Waals surface area contributed by atoms with Crippen molar-refractivity contribution in [1.29, 1.82) is 0 Å². The number of hydrogen-bond donors (Lipinski definition) is 1. The van der Waals surface area contributed by atoms with Crippen molar-refractivity contribution < 1.29 is 4.79 Å². The van der Waals surface area contributed by atoms with E-state index in [1.54, 1.807) is 11.3 Å². The second-order valence-electron chi connectivity index (χ2n) is 7.06. The van der Waals surface area contributed by atoms with Crippen LogP contribution in [-0.2, 0) is 11.3 Å². The quantitative estimate of drug-likeness (QED) is 0.710. The first kappa shape index (κ1) is 18.2. The van der Waals surface area contributed by atoms with Gasteiger partial charge in [0.1, 0.15) is 5.65 Å². The van der Waals surface area contributed by atoms with Gasteiger partial charge in [0.15, 0.2) is 0 Å². The second kappa shape index (κ2) is 8.21. The van der Waals surface area contributed by atoms with E-state index >= 15 is 0 Å². The summed E-state index contributed by atoms with van der Waals surface area (Å²) in [5.74, 6) is 0.102. The summed E-state index contributed by atoms with van der Waals surface area (Å²) in [6, 6.07) is 10.2. The average Bonchev–Trinajstić information content (AvgIpc) is 3.32. The summed E-state index contributed by atoms with van der Waals surface area (Å²) in [5.41, 5.74) is 2.08. The van der Waals surface area contributed by atoms with Gasteiger partial charge in [-0.25, -0.2) is 4.98 Å². The molecule has 3 aromatic rings. The lowest BCUT2D eigenvalue weighted by Crippen LogP contribution is -2.49. The van der Waals surface area contributed by atoms with Gasteiger partial charge >= 0.3 is 0 Å². The number of hydrogen-bond acceptors (Lipinski definition) is 5. The summed E-state index contributed by atoms with van der Waals surface area (Å²) >= 11 is 1.68. The number of amides is 1. The molecular weight excluding hydrogens is 358 g/mol. The third-order valence-electron chi connectivity index (χ3n) is 4.98. The Bertz CT molecular complexity index is 850. The summed E-state index contributed by atoms with van der Waals surface area (Å²) in [4.78, 5) is 22.8. The highest BCUT2D eigenvalue weighted by molar-refractivity contribution is 7.10. The van der Waals surface area contributed by atoms with Gasteiger partial charge in [-0.05, 0) is 30.5 Å². The van der Waals surface area contributed by atoms with Crippen LogP contribution in [0.1, 0.15) is 23.5 Å². The van der Waals surface area contributed by atoms with Crippen LogP contribution in [0.3, 0.4) is 0 Å². The molecule has 0 saturated carbocycles. The zero-order chi connectivity index (χ0) is 18.6. The van der Waals surface area contributed by atoms with Crippen LogP contribution in [-0.4, -0.2) is 57.8 Å². The molecule has 1 saturated heterocycles. The summed E-state index contributed by atoms with van der Waals surface area (Å²) in [6.45, 7) is 7.11. The minimum atomic E-state index is 0.0776. The SMILES string of the molecule is CC(NC(=O)CN1CCN(Cc2cn3ccccc3n2)CC1)c1cccs1. The number of rotatable bonds is 6. The van der Waals surface area contributed by atoms with E-state index in [9.17, 15) is 4.79 Å². The monoisotopic (exact) mass is 383 g/mol. The molecule has 0 aliphatic carbocycles. The van der Waals surface area contributed by atoms with Gasteiger partial charge in [-0.1, -0.05) is 12.1 Å². The molecule has 1 N–H and O–H groups in total. The third-order valence-corrected chi connectivity index (χ3v) is 6.03. The number of imidazole rings is 1. The first-order valence-corrected chi connectivity index (χ1v) is 10.3. The van der Waals surface area contributed by atoms with E-state index in [-0.39, 0.29) is 11.9 Å². The Morgan fingerprint density at radius 1 is 1.19 bits per heavy atom. The van der Waals surface area contributed by atoms with Crippen molar-refractivity contribution in [3.8, 4) is 0 Å². The van der Waals surface area contributed by atoms with Crippen LogP contribution < -0.4 is 5.32 Å². The Balaban J connectivity index is 1.23. The second-order valence-corrected chi connectivity index (χ2v) is 8.03. The Labute approximate surface area is 163 Å². The van der Waals surface area contributed by atoms with Crippen molar-refractivity contribution in [2.45, 2.75) is 19.5 Å². The van der Waals surface area contributed by atoms with Gasteiger partial charge in [0, 0.05) is 50.0 Å². The summed E-state index contributed by atoms with van der Waals surface area (Å²) < 4.78 is 2.06. The van der Waals surface area contributed by atoms with E-state index < -0.39 is 0 Å². The molecule has 0 spiro atoms. The molecule has 1 unspecified atom stereocenters. The standard InChI is InChI=1S/C20H25N5OS/c1-16(18-5-4-12-27-18)21-20(26)15-24-10-8-23(9-11-24)13-17-14-25-7-3-2-6-19(25)22-17/h2-7,12,14,16H,8-11,13,15H2,1H3,(H,21,26). The Morgan fingerprint density at radius 2 is 2.00 bits per heavy atom. The number of thiophene rings is 1. The molecule has 0 bridgehead atoms. The maximum Gasteiger partial charge on any atom is 0.234 e. The van der Waals surface area contributed by atoms with Crippen molar-refractivity contribution in [3.63, 3.8) is 0 Å². The average molecular weight is 384 g/mol. The molecule has 4 heterocycles. The summed E-state index contributed by atoms with van der Waals surface area (Å²) in [6.07, 6.45) is 4.13. The normalized spacial score (nSPS) is 17.2. The van der Waals surface area contributed by atoms with Gasteiger partial charge in [-0.2, -0.15) is 0 Å². The zero-order valence-electron chi connectivity index (χ0n) is 15.5. The molecule has 1 amide bonds. The molecule has 7 heteroatoms. The van der Waals surface area contributed by atoms with Crippen molar-refractivity contribution in [2.24, 2.45) is 0 Å². The number of pyridine rings is 1. The molecule has 0 aromatic carbocycles. The minimum Gasteiger partial charge on any atom is -0.348 e. The van der Waals surface area contributed by atoms with Crippen LogP contribution in [0.4, 0.5) is 0 Å². The first-order chi connectivity index (χ1) is 13.2. The van der Waals surface area contributed by atoms with Crippen molar-refractivity contribution in [1.82, 2.24) is 24.5 Å². The van der Waals surface area contributed by atoms with E-state index in [0.717, 1.165) is 44.1 Å². The Kier molecular flexibility index (Phi) is 5.52. The summed E-state index contributed by atoms with van der Waals surface area (Å²) in [5, 5.41) is 5.14. The van der Waals surface area contributed by atoms with Gasteiger partial charge in [0.2, 0.25) is 5.91 Å². The van der Waals surface area contributed by atoms with Gasteiger partial charge in [0.25, 0.3) is 0 Å². The fraction of sp³-hybridized carbons (Fsp3) is 0.400. The highest BCUT2D eigenvalue weighted by atomic mass is 32.1. The number of carbonyl (C=O) groups excluding carboxylic acids is 1. The lowest BCUT2D eigenvalue weighted by atomic mass is 10.2. The molecule has 27 heavy (non-hydrogen) atoms. The van der Waals surface area contributed by atoms with Crippen LogP contribution in [0.25, 0.3) is 5.65 Å². The number of aromatic nitrogens is 2. The van der Waals surface area contributed by atoms with E-state index in [1.165, 1.54) is 4.88 Å². The number of piperazine rings is 1. The lowest BCUT2D eigenvalue weighted by molar-refractivity contribution is -0.123. The van der Waals surface area contributed by atoms with Crippen LogP contribution in [0, 0.1) is 0 Å². The zero-order valence-corrected chi connectivity index (χ0v) is 16.4. The number of fused-ring (bicyclic) bond motifs is 1. The van der Waals surface area contributed by atoms with Gasteiger partial charge in [-0.15, -0.1) is 11.3 Å².